The minimum absolute atomic E-state index is 0. The molecule has 0 rings (SSSR count). The van der Waals surface area contributed by atoms with Gasteiger partial charge < -0.3 is 12.4 Å². The van der Waals surface area contributed by atoms with Crippen LogP contribution in [0.2, 0.25) is 0 Å². The maximum atomic E-state index is 10.1. The first kappa shape index (κ1) is 8.86. The molecule has 0 amide bonds. The van der Waals surface area contributed by atoms with Crippen molar-refractivity contribution < 1.29 is 21.2 Å². The average molecular weight is 99.5 g/mol. The Morgan fingerprint density at radius 3 is 1.40 bits per heavy atom. The summed E-state index contributed by atoms with van der Waals surface area (Å²) in [6.45, 7) is 2.22. The highest BCUT2D eigenvalue weighted by Crippen LogP contribution is 1.85. The van der Waals surface area contributed by atoms with Gasteiger partial charge >= 0.3 is 0 Å². The molecule has 0 radical (unpaired) electrons. The van der Waals surface area contributed by atoms with E-state index in [0.29, 0.717) is 0 Å². The van der Waals surface area contributed by atoms with Crippen molar-refractivity contribution in [1.82, 2.24) is 0 Å². The van der Waals surface area contributed by atoms with Gasteiger partial charge in [0.25, 0.3) is 6.08 Å². The zero-order valence-electron chi connectivity index (χ0n) is 2.34. The van der Waals surface area contributed by atoms with Crippen LogP contribution in [-0.2, 0) is 0 Å². The Bertz CT molecular complexity index is 30.6. The van der Waals surface area contributed by atoms with Crippen molar-refractivity contribution in [2.75, 3.05) is 0 Å². The van der Waals surface area contributed by atoms with E-state index in [9.17, 15) is 8.78 Å². The Morgan fingerprint density at radius 2 is 1.40 bits per heavy atom. The van der Waals surface area contributed by atoms with Crippen LogP contribution in [0.25, 0.3) is 0 Å². The lowest BCUT2D eigenvalue weighted by molar-refractivity contribution is -0.00000273. The molecule has 0 aliphatic heterocycles. The summed E-state index contributed by atoms with van der Waals surface area (Å²) in [6, 6.07) is 0. The molecule has 0 saturated heterocycles. The van der Waals surface area contributed by atoms with Crippen LogP contribution in [0.3, 0.4) is 0 Å². The van der Waals surface area contributed by atoms with E-state index in [1.807, 2.05) is 0 Å². The van der Waals surface area contributed by atoms with Gasteiger partial charge in [0.05, 0.1) is 0 Å². The fourth-order valence-corrected chi connectivity index (χ4v) is 0. The van der Waals surface area contributed by atoms with Crippen molar-refractivity contribution in [3.05, 3.63) is 12.7 Å². The van der Waals surface area contributed by atoms with E-state index in [4.69, 9.17) is 0 Å². The molecule has 0 aromatic heterocycles. The van der Waals surface area contributed by atoms with Crippen molar-refractivity contribution in [1.29, 1.82) is 0 Å². The fourth-order valence-electron chi connectivity index (χ4n) is 0. The lowest BCUT2D eigenvalue weighted by atomic mass is 11.2. The molecule has 0 nitrogen and oxygen atoms in total. The van der Waals surface area contributed by atoms with Crippen LogP contribution in [0.5, 0.6) is 0 Å². The maximum Gasteiger partial charge on any atom is 0.263 e. The third-order valence-electron chi connectivity index (χ3n) is 0. The van der Waals surface area contributed by atoms with Crippen molar-refractivity contribution in [2.24, 2.45) is 0 Å². The van der Waals surface area contributed by atoms with Gasteiger partial charge in [0.2, 0.25) is 0 Å². The highest BCUT2D eigenvalue weighted by Gasteiger charge is 1.65. The number of hydrogen-bond acceptors (Lipinski definition) is 0. The van der Waals surface area contributed by atoms with Crippen LogP contribution >= 0.6 is 0 Å². The lowest BCUT2D eigenvalue weighted by Crippen LogP contribution is -3.00. The Kier molecular flexibility index (Phi) is 6.89. The molecule has 0 N–H and O–H groups in total. The van der Waals surface area contributed by atoms with Crippen molar-refractivity contribution in [2.45, 2.75) is 0 Å². The van der Waals surface area contributed by atoms with Crippen molar-refractivity contribution in [3.63, 3.8) is 0 Å². The van der Waals surface area contributed by atoms with Gasteiger partial charge in [-0.05, 0) is 6.58 Å². The van der Waals surface area contributed by atoms with Gasteiger partial charge in [-0.25, -0.2) is 0 Å². The maximum absolute atomic E-state index is 10.1. The SMILES string of the molecule is C=C(F)F.[Cl-]. The summed E-state index contributed by atoms with van der Waals surface area (Å²) in [5.41, 5.74) is 0. The Labute approximate surface area is 34.9 Å². The van der Waals surface area contributed by atoms with Gasteiger partial charge in [0.15, 0.2) is 0 Å². The molecule has 0 saturated carbocycles. The normalized spacial score (nSPS) is 5.20. The van der Waals surface area contributed by atoms with Crippen LogP contribution in [-0.4, -0.2) is 0 Å². The number of halogens is 3. The molecule has 0 atom stereocenters. The molecule has 0 unspecified atom stereocenters. The summed E-state index contributed by atoms with van der Waals surface area (Å²) in [6.07, 6.45) is -1.83. The first-order valence-electron chi connectivity index (χ1n) is 0.732. The van der Waals surface area contributed by atoms with Crippen LogP contribution in [0.1, 0.15) is 0 Å². The lowest BCUT2D eigenvalue weighted by Gasteiger charge is -1.54. The van der Waals surface area contributed by atoms with Gasteiger partial charge in [-0.15, -0.1) is 0 Å². The largest absolute Gasteiger partial charge is 1.00 e. The van der Waals surface area contributed by atoms with Gasteiger partial charge in [-0.3, -0.25) is 0 Å². The molecule has 0 heterocycles. The second kappa shape index (κ2) is 3.89. The third-order valence-corrected chi connectivity index (χ3v) is 0. The van der Waals surface area contributed by atoms with Gasteiger partial charge in [0.1, 0.15) is 0 Å². The highest BCUT2D eigenvalue weighted by molar-refractivity contribution is 4.57. The Morgan fingerprint density at radius 1 is 1.40 bits per heavy atom. The predicted octanol–water partition coefficient (Wildman–Crippen LogP) is -1.60. The molecule has 0 aromatic rings. The molecule has 0 aliphatic carbocycles. The van der Waals surface area contributed by atoms with E-state index in [-0.39, 0.29) is 12.4 Å². The fraction of sp³-hybridized carbons (Fsp3) is 0. The zero-order chi connectivity index (χ0) is 3.58. The van der Waals surface area contributed by atoms with Crippen LogP contribution < -0.4 is 12.4 Å². The summed E-state index contributed by atoms with van der Waals surface area (Å²) in [5, 5.41) is 0. The monoisotopic (exact) mass is 99.0 g/mol. The summed E-state index contributed by atoms with van der Waals surface area (Å²) in [5.74, 6) is 0. The van der Waals surface area contributed by atoms with E-state index in [0.717, 1.165) is 0 Å². The number of hydrogen-bond donors (Lipinski definition) is 0. The quantitative estimate of drug-likeness (QED) is 0.343. The molecule has 0 aromatic carbocycles. The molecular formula is C2H2ClF2-. The summed E-state index contributed by atoms with van der Waals surface area (Å²) < 4.78 is 20.3. The van der Waals surface area contributed by atoms with E-state index in [1.54, 1.807) is 0 Å². The van der Waals surface area contributed by atoms with Crippen LogP contribution in [0.4, 0.5) is 8.78 Å². The second-order valence-electron chi connectivity index (χ2n) is 0.339. The van der Waals surface area contributed by atoms with Crippen molar-refractivity contribution in [3.8, 4) is 0 Å². The van der Waals surface area contributed by atoms with Gasteiger partial charge in [-0.2, -0.15) is 8.78 Å². The minimum Gasteiger partial charge on any atom is -1.00 e. The molecule has 32 valence electrons. The molecule has 0 aliphatic rings. The van der Waals surface area contributed by atoms with Crippen LogP contribution in [0.15, 0.2) is 12.7 Å². The second-order valence-corrected chi connectivity index (χ2v) is 0.339. The van der Waals surface area contributed by atoms with E-state index in [1.165, 1.54) is 0 Å². The summed E-state index contributed by atoms with van der Waals surface area (Å²) >= 11 is 0. The first-order valence-corrected chi connectivity index (χ1v) is 0.732. The zero-order valence-corrected chi connectivity index (χ0v) is 3.10. The Hall–Kier alpha value is -0.110. The van der Waals surface area contributed by atoms with Gasteiger partial charge in [0, 0.05) is 0 Å². The van der Waals surface area contributed by atoms with Gasteiger partial charge in [-0.1, -0.05) is 0 Å². The molecule has 0 bridgehead atoms. The molecule has 0 fully saturated rings. The molecule has 3 heteroatoms. The van der Waals surface area contributed by atoms with E-state index in [2.05, 4.69) is 6.58 Å². The smallest absolute Gasteiger partial charge is 0.263 e. The minimum atomic E-state index is -1.83. The molecule has 5 heavy (non-hydrogen) atoms. The molecule has 0 spiro atoms. The average Bonchev–Trinajstić information content (AvgIpc) is 0.811. The first-order chi connectivity index (χ1) is 1.73. The highest BCUT2D eigenvalue weighted by atomic mass is 35.5. The summed E-state index contributed by atoms with van der Waals surface area (Å²) in [7, 11) is 0. The predicted molar refractivity (Wildman–Crippen MR) is 11.4 cm³/mol. The summed E-state index contributed by atoms with van der Waals surface area (Å²) in [4.78, 5) is 0. The standard InChI is InChI=1S/C2H2F2.ClH/c1-2(3)4;/h1H2;1H/p-1. The third kappa shape index (κ3) is 1150. The van der Waals surface area contributed by atoms with Crippen molar-refractivity contribution >= 4 is 0 Å². The van der Waals surface area contributed by atoms with E-state index >= 15 is 0 Å². The number of rotatable bonds is 0. The van der Waals surface area contributed by atoms with Crippen LogP contribution in [0, 0.1) is 0 Å². The topological polar surface area (TPSA) is 0 Å². The Balaban J connectivity index is 0. The molecular weight excluding hydrogens is 97.5 g/mol. The van der Waals surface area contributed by atoms with E-state index < -0.39 is 6.08 Å².